The number of pyridine rings is 1. The third-order valence-electron chi connectivity index (χ3n) is 2.89. The second kappa shape index (κ2) is 5.93. The van der Waals surface area contributed by atoms with Crippen LogP contribution in [0.15, 0.2) is 18.5 Å². The summed E-state index contributed by atoms with van der Waals surface area (Å²) in [6.07, 6.45) is 7.85. The third-order valence-corrected chi connectivity index (χ3v) is 3.17. The zero-order chi connectivity index (χ0) is 13.0. The Labute approximate surface area is 110 Å². The van der Waals surface area contributed by atoms with Gasteiger partial charge in [-0.2, -0.15) is 0 Å². The van der Waals surface area contributed by atoms with Crippen molar-refractivity contribution in [2.24, 2.45) is 0 Å². The maximum Gasteiger partial charge on any atom is 0.159 e. The molecular weight excluding hydrogens is 252 g/mol. The number of nitrogens with zero attached hydrogens (tertiary/aromatic N) is 3. The van der Waals surface area contributed by atoms with Gasteiger partial charge in [0.05, 0.1) is 6.10 Å². The van der Waals surface area contributed by atoms with Crippen LogP contribution >= 0.6 is 11.6 Å². The van der Waals surface area contributed by atoms with Crippen molar-refractivity contribution in [2.75, 3.05) is 5.73 Å². The van der Waals surface area contributed by atoms with E-state index in [1.165, 1.54) is 12.8 Å². The van der Waals surface area contributed by atoms with Crippen molar-refractivity contribution in [3.63, 3.8) is 0 Å². The summed E-state index contributed by atoms with van der Waals surface area (Å²) in [7, 11) is 0. The first kappa shape index (κ1) is 13.0. The molecule has 1 aliphatic rings. The second-order valence-corrected chi connectivity index (χ2v) is 4.59. The average molecular weight is 267 g/mol. The zero-order valence-corrected chi connectivity index (χ0v) is 10.6. The molecule has 1 aliphatic carbocycles. The van der Waals surface area contributed by atoms with Crippen LogP contribution < -0.4 is 5.73 Å². The molecule has 3 rings (SSSR count). The SMILES string of the molecule is Nc1nnc(Cl)c2ccncc12.OC1CCCC1. The summed E-state index contributed by atoms with van der Waals surface area (Å²) >= 11 is 5.77. The Kier molecular flexibility index (Phi) is 4.28. The summed E-state index contributed by atoms with van der Waals surface area (Å²) in [4.78, 5) is 3.91. The highest BCUT2D eigenvalue weighted by atomic mass is 35.5. The quantitative estimate of drug-likeness (QED) is 0.763. The van der Waals surface area contributed by atoms with Gasteiger partial charge in [0, 0.05) is 23.2 Å². The average Bonchev–Trinajstić information content (AvgIpc) is 2.86. The fourth-order valence-corrected chi connectivity index (χ4v) is 2.09. The molecule has 0 radical (unpaired) electrons. The van der Waals surface area contributed by atoms with Crippen LogP contribution in [0, 0.1) is 0 Å². The highest BCUT2D eigenvalue weighted by molar-refractivity contribution is 6.34. The van der Waals surface area contributed by atoms with Gasteiger partial charge in [0.15, 0.2) is 11.0 Å². The van der Waals surface area contributed by atoms with Crippen LogP contribution in [0.3, 0.4) is 0 Å². The molecule has 2 aromatic heterocycles. The first-order valence-electron chi connectivity index (χ1n) is 5.88. The van der Waals surface area contributed by atoms with E-state index in [-0.39, 0.29) is 6.10 Å². The Morgan fingerprint density at radius 2 is 1.94 bits per heavy atom. The van der Waals surface area contributed by atoms with Gasteiger partial charge < -0.3 is 10.8 Å². The van der Waals surface area contributed by atoms with Crippen LogP contribution in [0.4, 0.5) is 5.82 Å². The fourth-order valence-electron chi connectivity index (χ4n) is 1.89. The lowest BCUT2D eigenvalue weighted by atomic mass is 10.2. The molecule has 5 nitrogen and oxygen atoms in total. The minimum atomic E-state index is 0.0463. The molecule has 1 saturated carbocycles. The number of fused-ring (bicyclic) bond motifs is 1. The highest BCUT2D eigenvalue weighted by Gasteiger charge is 2.09. The van der Waals surface area contributed by atoms with Crippen LogP contribution in [0.25, 0.3) is 10.8 Å². The van der Waals surface area contributed by atoms with Crippen molar-refractivity contribution in [1.82, 2.24) is 15.2 Å². The molecule has 0 bridgehead atoms. The molecule has 2 aromatic rings. The van der Waals surface area contributed by atoms with Gasteiger partial charge in [-0.3, -0.25) is 4.98 Å². The number of anilines is 1. The van der Waals surface area contributed by atoms with Crippen molar-refractivity contribution in [1.29, 1.82) is 0 Å². The molecular formula is C12H15ClN4O. The van der Waals surface area contributed by atoms with Gasteiger partial charge >= 0.3 is 0 Å². The minimum Gasteiger partial charge on any atom is -0.393 e. The Morgan fingerprint density at radius 3 is 2.50 bits per heavy atom. The first-order valence-corrected chi connectivity index (χ1v) is 6.25. The Morgan fingerprint density at radius 1 is 1.22 bits per heavy atom. The molecule has 0 amide bonds. The molecule has 0 aromatic carbocycles. The van der Waals surface area contributed by atoms with Crippen molar-refractivity contribution in [3.8, 4) is 0 Å². The maximum absolute atomic E-state index is 8.73. The number of aliphatic hydroxyl groups is 1. The minimum absolute atomic E-state index is 0.0463. The fraction of sp³-hybridized carbons (Fsp3) is 0.417. The van der Waals surface area contributed by atoms with Gasteiger partial charge in [0.25, 0.3) is 0 Å². The predicted octanol–water partition coefficient (Wildman–Crippen LogP) is 2.18. The van der Waals surface area contributed by atoms with Crippen LogP contribution in [0.5, 0.6) is 0 Å². The summed E-state index contributed by atoms with van der Waals surface area (Å²) in [5.41, 5.74) is 5.55. The number of halogens is 1. The number of rotatable bonds is 0. The third kappa shape index (κ3) is 3.05. The van der Waals surface area contributed by atoms with Gasteiger partial charge in [-0.1, -0.05) is 24.4 Å². The van der Waals surface area contributed by atoms with E-state index < -0.39 is 0 Å². The summed E-state index contributed by atoms with van der Waals surface area (Å²) in [5, 5.41) is 17.9. The Balaban J connectivity index is 0.000000169. The number of hydrogen-bond donors (Lipinski definition) is 2. The monoisotopic (exact) mass is 266 g/mol. The second-order valence-electron chi connectivity index (χ2n) is 4.24. The number of nitrogen functional groups attached to an aromatic ring is 1. The maximum atomic E-state index is 8.73. The van der Waals surface area contributed by atoms with E-state index in [2.05, 4.69) is 15.2 Å². The molecule has 2 heterocycles. The van der Waals surface area contributed by atoms with Gasteiger partial charge in [0.1, 0.15) is 0 Å². The lowest BCUT2D eigenvalue weighted by Gasteiger charge is -1.99. The molecule has 0 spiro atoms. The van der Waals surface area contributed by atoms with E-state index in [0.717, 1.165) is 23.6 Å². The molecule has 0 unspecified atom stereocenters. The molecule has 0 saturated heterocycles. The molecule has 0 aliphatic heterocycles. The highest BCUT2D eigenvalue weighted by Crippen LogP contribution is 2.22. The van der Waals surface area contributed by atoms with E-state index in [1.54, 1.807) is 18.5 Å². The van der Waals surface area contributed by atoms with Crippen LogP contribution in [-0.4, -0.2) is 26.4 Å². The molecule has 96 valence electrons. The summed E-state index contributed by atoms with van der Waals surface area (Å²) in [6, 6.07) is 1.75. The lowest BCUT2D eigenvalue weighted by Crippen LogP contribution is -1.95. The van der Waals surface area contributed by atoms with Crippen LogP contribution in [-0.2, 0) is 0 Å². The Bertz CT molecular complexity index is 488. The van der Waals surface area contributed by atoms with Crippen molar-refractivity contribution >= 4 is 28.2 Å². The smallest absolute Gasteiger partial charge is 0.159 e. The van der Waals surface area contributed by atoms with E-state index in [4.69, 9.17) is 22.4 Å². The molecule has 18 heavy (non-hydrogen) atoms. The topological polar surface area (TPSA) is 84.9 Å². The van der Waals surface area contributed by atoms with E-state index >= 15 is 0 Å². The standard InChI is InChI=1S/C7H5ClN4.C5H10O/c8-6-4-1-2-10-3-5(4)7(9)12-11-6;6-5-3-1-2-4-5/h1-3H,(H2,9,12);5-6H,1-4H2. The molecule has 1 fully saturated rings. The largest absolute Gasteiger partial charge is 0.393 e. The van der Waals surface area contributed by atoms with E-state index in [1.807, 2.05) is 0 Å². The zero-order valence-electron chi connectivity index (χ0n) is 9.88. The number of hydrogen-bond acceptors (Lipinski definition) is 5. The van der Waals surface area contributed by atoms with Gasteiger partial charge in [-0.25, -0.2) is 0 Å². The van der Waals surface area contributed by atoms with E-state index in [0.29, 0.717) is 11.0 Å². The summed E-state index contributed by atoms with van der Waals surface area (Å²) < 4.78 is 0. The number of nitrogens with two attached hydrogens (primary N) is 1. The summed E-state index contributed by atoms with van der Waals surface area (Å²) in [6.45, 7) is 0. The van der Waals surface area contributed by atoms with Crippen LogP contribution in [0.1, 0.15) is 25.7 Å². The number of aromatic nitrogens is 3. The first-order chi connectivity index (χ1) is 8.68. The predicted molar refractivity (Wildman–Crippen MR) is 71.2 cm³/mol. The van der Waals surface area contributed by atoms with E-state index in [9.17, 15) is 0 Å². The summed E-state index contributed by atoms with van der Waals surface area (Å²) in [5.74, 6) is 0.350. The van der Waals surface area contributed by atoms with Gasteiger partial charge in [-0.05, 0) is 18.9 Å². The molecule has 3 N–H and O–H groups in total. The normalized spacial score (nSPS) is 15.4. The Hall–Kier alpha value is -1.46. The van der Waals surface area contributed by atoms with Gasteiger partial charge in [0.2, 0.25) is 0 Å². The van der Waals surface area contributed by atoms with Crippen LogP contribution in [0.2, 0.25) is 5.15 Å². The van der Waals surface area contributed by atoms with Gasteiger partial charge in [-0.15, -0.1) is 10.2 Å². The lowest BCUT2D eigenvalue weighted by molar-refractivity contribution is 0.183. The molecule has 6 heteroatoms. The number of aliphatic hydroxyl groups excluding tert-OH is 1. The van der Waals surface area contributed by atoms with Crippen molar-refractivity contribution in [3.05, 3.63) is 23.6 Å². The van der Waals surface area contributed by atoms with Crippen molar-refractivity contribution < 1.29 is 5.11 Å². The molecule has 0 atom stereocenters. The van der Waals surface area contributed by atoms with Crippen molar-refractivity contribution in [2.45, 2.75) is 31.8 Å².